The summed E-state index contributed by atoms with van der Waals surface area (Å²) in [5, 5.41) is 9.85. The van der Waals surface area contributed by atoms with Crippen molar-refractivity contribution in [3.05, 3.63) is 82.3 Å². The van der Waals surface area contributed by atoms with Gasteiger partial charge in [-0.25, -0.2) is 0 Å². The second-order valence-corrected chi connectivity index (χ2v) is 8.09. The molecule has 3 aromatic rings. The standard InChI is InChI=1S/C22H24N4O2S/c1-22(2,17-9-12-29-14-17)26-20(27)13-19(23)15-3-5-16(6-4-15)21(28)25-18-7-10-24-11-8-18/h3-12,14,19H,13,23H2,1-2H3,(H,26,27)(H,24,25,28). The normalized spacial score (nSPS) is 12.2. The quantitative estimate of drug-likeness (QED) is 0.553. The smallest absolute Gasteiger partial charge is 0.255 e. The van der Waals surface area contributed by atoms with Crippen LogP contribution in [0.25, 0.3) is 0 Å². The molecule has 1 atom stereocenters. The molecule has 0 saturated carbocycles. The molecule has 0 aliphatic carbocycles. The molecule has 150 valence electrons. The van der Waals surface area contributed by atoms with E-state index in [2.05, 4.69) is 15.6 Å². The second kappa shape index (κ2) is 8.98. The Morgan fingerprint density at radius 3 is 2.41 bits per heavy atom. The molecule has 0 radical (unpaired) electrons. The molecule has 2 aromatic heterocycles. The summed E-state index contributed by atoms with van der Waals surface area (Å²) in [7, 11) is 0. The number of benzene rings is 1. The molecule has 0 saturated heterocycles. The zero-order chi connectivity index (χ0) is 20.9. The van der Waals surface area contributed by atoms with E-state index in [0.717, 1.165) is 11.1 Å². The molecule has 1 unspecified atom stereocenters. The lowest BCUT2D eigenvalue weighted by Gasteiger charge is -2.26. The summed E-state index contributed by atoms with van der Waals surface area (Å²) in [4.78, 5) is 28.7. The van der Waals surface area contributed by atoms with E-state index in [1.165, 1.54) is 0 Å². The van der Waals surface area contributed by atoms with Gasteiger partial charge in [0.15, 0.2) is 0 Å². The molecule has 6 nitrogen and oxygen atoms in total. The van der Waals surface area contributed by atoms with Gasteiger partial charge in [0.05, 0.1) is 5.54 Å². The summed E-state index contributed by atoms with van der Waals surface area (Å²) in [6.07, 6.45) is 3.39. The zero-order valence-electron chi connectivity index (χ0n) is 16.4. The molecule has 0 bridgehead atoms. The van der Waals surface area contributed by atoms with Gasteiger partial charge in [0.1, 0.15) is 0 Å². The van der Waals surface area contributed by atoms with Crippen LogP contribution in [0.4, 0.5) is 5.69 Å². The van der Waals surface area contributed by atoms with Crippen LogP contribution in [0, 0.1) is 0 Å². The molecular formula is C22H24N4O2S. The lowest BCUT2D eigenvalue weighted by atomic mass is 9.96. The van der Waals surface area contributed by atoms with Crippen molar-refractivity contribution in [3.63, 3.8) is 0 Å². The number of nitrogens with two attached hydrogens (primary N) is 1. The van der Waals surface area contributed by atoms with Gasteiger partial charge in [0.2, 0.25) is 5.91 Å². The van der Waals surface area contributed by atoms with Gasteiger partial charge in [0, 0.05) is 36.1 Å². The van der Waals surface area contributed by atoms with Crippen molar-refractivity contribution in [2.45, 2.75) is 31.8 Å². The Kier molecular flexibility index (Phi) is 6.41. The molecular weight excluding hydrogens is 384 g/mol. The number of hydrogen-bond donors (Lipinski definition) is 3. The third-order valence-corrected chi connectivity index (χ3v) is 5.32. The highest BCUT2D eigenvalue weighted by Gasteiger charge is 2.24. The molecule has 0 spiro atoms. The predicted octanol–water partition coefficient (Wildman–Crippen LogP) is 3.84. The zero-order valence-corrected chi connectivity index (χ0v) is 17.2. The highest BCUT2D eigenvalue weighted by molar-refractivity contribution is 7.08. The number of thiophene rings is 1. The Morgan fingerprint density at radius 2 is 1.79 bits per heavy atom. The number of rotatable bonds is 7. The predicted molar refractivity (Wildman–Crippen MR) is 116 cm³/mol. The van der Waals surface area contributed by atoms with Crippen LogP contribution in [0.2, 0.25) is 0 Å². The average molecular weight is 409 g/mol. The van der Waals surface area contributed by atoms with Gasteiger partial charge < -0.3 is 16.4 Å². The van der Waals surface area contributed by atoms with Crippen LogP contribution >= 0.6 is 11.3 Å². The maximum Gasteiger partial charge on any atom is 0.255 e. The molecule has 0 aliphatic heterocycles. The van der Waals surface area contributed by atoms with Crippen LogP contribution in [0.1, 0.15) is 47.8 Å². The van der Waals surface area contributed by atoms with Crippen LogP contribution in [0.5, 0.6) is 0 Å². The first-order valence-corrected chi connectivity index (χ1v) is 10.2. The SMILES string of the molecule is CC(C)(NC(=O)CC(N)c1ccc(C(=O)Nc2ccncc2)cc1)c1ccsc1. The first-order valence-electron chi connectivity index (χ1n) is 9.26. The Labute approximate surface area is 174 Å². The van der Waals surface area contributed by atoms with E-state index in [1.807, 2.05) is 30.7 Å². The lowest BCUT2D eigenvalue weighted by Crippen LogP contribution is -2.41. The van der Waals surface area contributed by atoms with Crippen molar-refractivity contribution < 1.29 is 9.59 Å². The minimum atomic E-state index is -0.453. The summed E-state index contributed by atoms with van der Waals surface area (Å²) in [5.41, 5.74) is 8.82. The number of nitrogens with one attached hydrogen (secondary N) is 2. The third kappa shape index (κ3) is 5.49. The fourth-order valence-electron chi connectivity index (χ4n) is 2.93. The molecule has 3 rings (SSSR count). The van der Waals surface area contributed by atoms with Gasteiger partial charge in [0.25, 0.3) is 5.91 Å². The summed E-state index contributed by atoms with van der Waals surface area (Å²) in [5.74, 6) is -0.334. The first kappa shape index (κ1) is 20.7. The molecule has 2 amide bonds. The maximum absolute atomic E-state index is 12.5. The fourth-order valence-corrected chi connectivity index (χ4v) is 3.75. The third-order valence-electron chi connectivity index (χ3n) is 4.64. The van der Waals surface area contributed by atoms with E-state index < -0.39 is 11.6 Å². The summed E-state index contributed by atoms with van der Waals surface area (Å²) < 4.78 is 0. The van der Waals surface area contributed by atoms with Crippen molar-refractivity contribution in [3.8, 4) is 0 Å². The van der Waals surface area contributed by atoms with E-state index in [0.29, 0.717) is 11.3 Å². The molecule has 29 heavy (non-hydrogen) atoms. The van der Waals surface area contributed by atoms with Gasteiger partial charge in [-0.05, 0) is 66.1 Å². The number of anilines is 1. The van der Waals surface area contributed by atoms with Crippen molar-refractivity contribution in [1.82, 2.24) is 10.3 Å². The Balaban J connectivity index is 1.58. The Bertz CT molecular complexity index is 954. The molecule has 1 aromatic carbocycles. The highest BCUT2D eigenvalue weighted by Crippen LogP contribution is 2.23. The number of pyridine rings is 1. The molecule has 0 fully saturated rings. The maximum atomic E-state index is 12.5. The van der Waals surface area contributed by atoms with E-state index in [9.17, 15) is 9.59 Å². The number of aromatic nitrogens is 1. The van der Waals surface area contributed by atoms with Gasteiger partial charge in [-0.1, -0.05) is 12.1 Å². The van der Waals surface area contributed by atoms with Crippen molar-refractivity contribution in [2.75, 3.05) is 5.32 Å². The van der Waals surface area contributed by atoms with E-state index in [1.54, 1.807) is 60.1 Å². The summed E-state index contributed by atoms with van der Waals surface area (Å²) >= 11 is 1.60. The number of carbonyl (C=O) groups is 2. The van der Waals surface area contributed by atoms with Crippen LogP contribution in [-0.2, 0) is 10.3 Å². The van der Waals surface area contributed by atoms with E-state index in [4.69, 9.17) is 5.73 Å². The number of nitrogens with zero attached hydrogens (tertiary/aromatic N) is 1. The number of amides is 2. The van der Waals surface area contributed by atoms with E-state index >= 15 is 0 Å². The Hall–Kier alpha value is -3.03. The van der Waals surface area contributed by atoms with Gasteiger partial charge in [-0.3, -0.25) is 14.6 Å². The molecule has 4 N–H and O–H groups in total. The first-order chi connectivity index (χ1) is 13.8. The lowest BCUT2D eigenvalue weighted by molar-refractivity contribution is -0.123. The fraction of sp³-hybridized carbons (Fsp3) is 0.227. The van der Waals surface area contributed by atoms with Gasteiger partial charge >= 0.3 is 0 Å². The monoisotopic (exact) mass is 408 g/mol. The minimum Gasteiger partial charge on any atom is -0.347 e. The van der Waals surface area contributed by atoms with Crippen LogP contribution < -0.4 is 16.4 Å². The van der Waals surface area contributed by atoms with Crippen molar-refractivity contribution >= 4 is 28.8 Å². The number of carbonyl (C=O) groups excluding carboxylic acids is 2. The highest BCUT2D eigenvalue weighted by atomic mass is 32.1. The summed E-state index contributed by atoms with van der Waals surface area (Å²) in [6.45, 7) is 3.93. The molecule has 2 heterocycles. The Morgan fingerprint density at radius 1 is 1.10 bits per heavy atom. The molecule has 0 aliphatic rings. The minimum absolute atomic E-state index is 0.117. The molecule has 7 heteroatoms. The van der Waals surface area contributed by atoms with Crippen LogP contribution in [0.15, 0.2) is 65.6 Å². The van der Waals surface area contributed by atoms with Gasteiger partial charge in [-0.2, -0.15) is 11.3 Å². The van der Waals surface area contributed by atoms with Crippen LogP contribution in [0.3, 0.4) is 0 Å². The average Bonchev–Trinajstić information content (AvgIpc) is 3.24. The van der Waals surface area contributed by atoms with Crippen molar-refractivity contribution in [2.24, 2.45) is 5.73 Å². The van der Waals surface area contributed by atoms with Gasteiger partial charge in [-0.15, -0.1) is 0 Å². The largest absolute Gasteiger partial charge is 0.347 e. The van der Waals surface area contributed by atoms with Crippen LogP contribution in [-0.4, -0.2) is 16.8 Å². The summed E-state index contributed by atoms with van der Waals surface area (Å²) in [6, 6.07) is 12.0. The van der Waals surface area contributed by atoms with E-state index in [-0.39, 0.29) is 18.2 Å². The van der Waals surface area contributed by atoms with Crippen molar-refractivity contribution in [1.29, 1.82) is 0 Å². The topological polar surface area (TPSA) is 97.1 Å². The second-order valence-electron chi connectivity index (χ2n) is 7.31. The number of hydrogen-bond acceptors (Lipinski definition) is 5.